The van der Waals surface area contributed by atoms with Crippen molar-refractivity contribution in [1.82, 2.24) is 9.80 Å². The molecule has 0 spiro atoms. The maximum atomic E-state index is 13.1. The average molecular weight is 416 g/mol. The molecule has 2 aromatic carbocycles. The lowest BCUT2D eigenvalue weighted by molar-refractivity contribution is -0.385. The van der Waals surface area contributed by atoms with Crippen molar-refractivity contribution >= 4 is 17.3 Å². The summed E-state index contributed by atoms with van der Waals surface area (Å²) in [6.45, 7) is 5.52. The number of anilines is 1. The Labute approximate surface area is 174 Å². The summed E-state index contributed by atoms with van der Waals surface area (Å²) >= 11 is 0. The molecule has 8 nitrogen and oxygen atoms in total. The Bertz CT molecular complexity index is 922. The maximum absolute atomic E-state index is 13.1. The number of carbonyl (C=O) groups excluding carboxylic acids is 1. The fourth-order valence-corrected chi connectivity index (χ4v) is 3.61. The van der Waals surface area contributed by atoms with Crippen LogP contribution in [0.1, 0.15) is 19.4 Å². The first-order valence-electron chi connectivity index (χ1n) is 9.69. The molecule has 0 unspecified atom stereocenters. The zero-order chi connectivity index (χ0) is 21.8. The molecule has 0 aliphatic carbocycles. The lowest BCUT2D eigenvalue weighted by Crippen LogP contribution is -2.58. The number of nitrogens with two attached hydrogens (primary N) is 1. The molecule has 0 saturated carbocycles. The zero-order valence-electron chi connectivity index (χ0n) is 17.0. The van der Waals surface area contributed by atoms with Crippen LogP contribution in [0.5, 0.6) is 5.75 Å². The third-order valence-corrected chi connectivity index (χ3v) is 5.27. The minimum atomic E-state index is -0.588. The van der Waals surface area contributed by atoms with Crippen LogP contribution in [0, 0.1) is 15.9 Å². The predicted octanol–water partition coefficient (Wildman–Crippen LogP) is 2.82. The molecule has 3 rings (SSSR count). The number of benzene rings is 2. The van der Waals surface area contributed by atoms with E-state index in [1.807, 2.05) is 13.8 Å². The first-order valence-corrected chi connectivity index (χ1v) is 9.69. The van der Waals surface area contributed by atoms with E-state index in [0.29, 0.717) is 19.6 Å². The second-order valence-corrected chi connectivity index (χ2v) is 7.57. The second kappa shape index (κ2) is 9.08. The number of carbonyl (C=O) groups is 1. The van der Waals surface area contributed by atoms with Gasteiger partial charge in [0.05, 0.1) is 4.92 Å². The van der Waals surface area contributed by atoms with Crippen molar-refractivity contribution in [1.29, 1.82) is 0 Å². The Morgan fingerprint density at radius 2 is 1.90 bits per heavy atom. The molecule has 1 amide bonds. The summed E-state index contributed by atoms with van der Waals surface area (Å²) in [7, 11) is 0. The van der Waals surface area contributed by atoms with E-state index in [0.717, 1.165) is 5.56 Å². The van der Waals surface area contributed by atoms with E-state index >= 15 is 0 Å². The van der Waals surface area contributed by atoms with Crippen LogP contribution >= 0.6 is 0 Å². The summed E-state index contributed by atoms with van der Waals surface area (Å²) in [4.78, 5) is 27.3. The number of amides is 1. The smallest absolute Gasteiger partial charge is 0.312 e. The van der Waals surface area contributed by atoms with E-state index in [4.69, 9.17) is 10.5 Å². The van der Waals surface area contributed by atoms with Gasteiger partial charge in [-0.1, -0.05) is 12.1 Å². The summed E-state index contributed by atoms with van der Waals surface area (Å²) in [6.07, 6.45) is 0. The molecule has 1 saturated heterocycles. The van der Waals surface area contributed by atoms with Gasteiger partial charge >= 0.3 is 5.69 Å². The van der Waals surface area contributed by atoms with Gasteiger partial charge in [-0.25, -0.2) is 4.39 Å². The molecule has 2 N–H and O–H groups in total. The highest BCUT2D eigenvalue weighted by Crippen LogP contribution is 2.29. The third kappa shape index (κ3) is 5.04. The van der Waals surface area contributed by atoms with Crippen LogP contribution in [0.25, 0.3) is 0 Å². The normalized spacial score (nSPS) is 19.5. The van der Waals surface area contributed by atoms with Crippen LogP contribution < -0.4 is 10.5 Å². The van der Waals surface area contributed by atoms with E-state index in [-0.39, 0.29) is 47.5 Å². The minimum Gasteiger partial charge on any atom is -0.477 e. The van der Waals surface area contributed by atoms with Crippen LogP contribution in [0.4, 0.5) is 15.8 Å². The molecular formula is C21H25FN4O4. The molecule has 9 heteroatoms. The topological polar surface area (TPSA) is 102 Å². The number of hydrogen-bond acceptors (Lipinski definition) is 6. The number of nitrogen functional groups attached to an aromatic ring is 1. The standard InChI is InChI=1S/C21H25FN4O4/c1-14-11-25(15(2)10-24(14)12-16-3-5-17(22)6-4-16)21(27)13-30-20-8-7-18(23)9-19(20)26(28)29/h3-9,14-15H,10-13,23H2,1-2H3/t14-,15+/m1/s1. The Kier molecular flexibility index (Phi) is 6.51. The number of nitro benzene ring substituents is 1. The molecule has 1 heterocycles. The minimum absolute atomic E-state index is 0.0122. The van der Waals surface area contributed by atoms with E-state index in [1.54, 1.807) is 17.0 Å². The van der Waals surface area contributed by atoms with Gasteiger partial charge in [-0.05, 0) is 43.7 Å². The van der Waals surface area contributed by atoms with Crippen LogP contribution in [-0.2, 0) is 11.3 Å². The fraction of sp³-hybridized carbons (Fsp3) is 0.381. The molecule has 0 radical (unpaired) electrons. The van der Waals surface area contributed by atoms with Gasteiger partial charge in [0.25, 0.3) is 5.91 Å². The Balaban J connectivity index is 1.60. The Morgan fingerprint density at radius 3 is 2.57 bits per heavy atom. The van der Waals surface area contributed by atoms with E-state index in [9.17, 15) is 19.3 Å². The van der Waals surface area contributed by atoms with Crippen LogP contribution in [0.3, 0.4) is 0 Å². The van der Waals surface area contributed by atoms with E-state index in [1.165, 1.54) is 30.3 Å². The van der Waals surface area contributed by atoms with Gasteiger partial charge in [0, 0.05) is 43.5 Å². The number of nitro groups is 1. The monoisotopic (exact) mass is 416 g/mol. The highest BCUT2D eigenvalue weighted by Gasteiger charge is 2.32. The molecule has 1 fully saturated rings. The highest BCUT2D eigenvalue weighted by molar-refractivity contribution is 5.78. The molecule has 1 aliphatic heterocycles. The van der Waals surface area contributed by atoms with Crippen LogP contribution in [0.2, 0.25) is 0 Å². The molecule has 2 aromatic rings. The predicted molar refractivity (Wildman–Crippen MR) is 110 cm³/mol. The van der Waals surface area contributed by atoms with Crippen LogP contribution in [0.15, 0.2) is 42.5 Å². The fourth-order valence-electron chi connectivity index (χ4n) is 3.61. The van der Waals surface area contributed by atoms with Gasteiger partial charge in [0.15, 0.2) is 12.4 Å². The summed E-state index contributed by atoms with van der Waals surface area (Å²) < 4.78 is 18.6. The van der Waals surface area contributed by atoms with Crippen molar-refractivity contribution in [3.05, 3.63) is 64.0 Å². The number of halogens is 1. The van der Waals surface area contributed by atoms with Gasteiger partial charge in [0.2, 0.25) is 0 Å². The number of nitrogens with zero attached hydrogens (tertiary/aromatic N) is 3. The lowest BCUT2D eigenvalue weighted by Gasteiger charge is -2.44. The molecule has 160 valence electrons. The first-order chi connectivity index (χ1) is 14.2. The second-order valence-electron chi connectivity index (χ2n) is 7.57. The Hall–Kier alpha value is -3.20. The van der Waals surface area contributed by atoms with E-state index < -0.39 is 4.92 Å². The van der Waals surface area contributed by atoms with Gasteiger partial charge < -0.3 is 15.4 Å². The molecular weight excluding hydrogens is 391 g/mol. The van der Waals surface area contributed by atoms with Crippen molar-refractivity contribution in [2.45, 2.75) is 32.5 Å². The molecule has 1 aliphatic rings. The summed E-state index contributed by atoms with van der Waals surface area (Å²) in [5, 5.41) is 11.2. The van der Waals surface area contributed by atoms with Crippen molar-refractivity contribution in [2.75, 3.05) is 25.4 Å². The van der Waals surface area contributed by atoms with Crippen molar-refractivity contribution in [2.24, 2.45) is 0 Å². The molecule has 2 atom stereocenters. The lowest BCUT2D eigenvalue weighted by atomic mass is 10.1. The molecule has 0 bridgehead atoms. The van der Waals surface area contributed by atoms with Crippen LogP contribution in [-0.4, -0.2) is 52.4 Å². The summed E-state index contributed by atoms with van der Waals surface area (Å²) in [5.74, 6) is -0.489. The number of rotatable bonds is 6. The zero-order valence-corrected chi connectivity index (χ0v) is 17.0. The van der Waals surface area contributed by atoms with E-state index in [2.05, 4.69) is 4.90 Å². The molecule has 30 heavy (non-hydrogen) atoms. The quantitative estimate of drug-likeness (QED) is 0.441. The maximum Gasteiger partial charge on any atom is 0.312 e. The largest absolute Gasteiger partial charge is 0.477 e. The van der Waals surface area contributed by atoms with Gasteiger partial charge in [-0.15, -0.1) is 0 Å². The van der Waals surface area contributed by atoms with Gasteiger partial charge in [-0.2, -0.15) is 0 Å². The summed E-state index contributed by atoms with van der Waals surface area (Å²) in [6, 6.07) is 10.5. The SMILES string of the molecule is C[C@@H]1CN(C(=O)COc2ccc(N)cc2[N+](=O)[O-])[C@@H](C)CN1Cc1ccc(F)cc1. The van der Waals surface area contributed by atoms with Gasteiger partial charge in [0.1, 0.15) is 5.82 Å². The summed E-state index contributed by atoms with van der Waals surface area (Å²) in [5.41, 5.74) is 6.58. The number of ether oxygens (including phenoxy) is 1. The number of hydrogen-bond donors (Lipinski definition) is 1. The first kappa shape index (κ1) is 21.5. The van der Waals surface area contributed by atoms with Crippen molar-refractivity contribution < 1.29 is 18.8 Å². The van der Waals surface area contributed by atoms with Crippen molar-refractivity contribution in [3.8, 4) is 5.75 Å². The average Bonchev–Trinajstić information content (AvgIpc) is 2.70. The number of piperazine rings is 1. The Morgan fingerprint density at radius 1 is 1.20 bits per heavy atom. The van der Waals surface area contributed by atoms with Gasteiger partial charge in [-0.3, -0.25) is 19.8 Å². The van der Waals surface area contributed by atoms with Crippen molar-refractivity contribution in [3.63, 3.8) is 0 Å². The third-order valence-electron chi connectivity index (χ3n) is 5.27. The highest BCUT2D eigenvalue weighted by atomic mass is 19.1. The molecule has 0 aromatic heterocycles.